The standard InChI is InChI=1S/C71H96BN/c1-17-21-22-23-24-25-36-71(16)64-46-57(28-30-62(64)63-31-29-60(47-65(63)71)69(13,14)37-32-55(18-2)19-3)59-42-51(9)67(52(10)43-59)72(66-49(7)40-58(41-50(66)8)56-33-38-73-39-34-56)68-53(11)44-61(45-54(68)12)70(15,20-4)35-26-27-48(5)6/h28-31,33-34,38-48,55H,17-27,32,35-37H2,1-16H3. The van der Waals surface area contributed by atoms with Crippen molar-refractivity contribution in [2.24, 2.45) is 11.8 Å². The van der Waals surface area contributed by atoms with Crippen molar-refractivity contribution in [3.63, 3.8) is 0 Å². The van der Waals surface area contributed by atoms with E-state index in [1.165, 1.54) is 190 Å². The number of pyridine rings is 1. The summed E-state index contributed by atoms with van der Waals surface area (Å²) in [6.45, 7) is 38.7. The van der Waals surface area contributed by atoms with Gasteiger partial charge in [0.2, 0.25) is 6.71 Å². The van der Waals surface area contributed by atoms with Gasteiger partial charge in [-0.3, -0.25) is 4.98 Å². The van der Waals surface area contributed by atoms with E-state index in [2.05, 4.69) is 201 Å². The minimum atomic E-state index is -0.0387. The number of rotatable bonds is 24. The molecule has 1 aromatic heterocycles. The number of benzene rings is 5. The number of unbranched alkanes of at least 4 members (excludes halogenated alkanes) is 5. The van der Waals surface area contributed by atoms with Crippen LogP contribution in [0.3, 0.4) is 0 Å². The van der Waals surface area contributed by atoms with Crippen LogP contribution in [-0.2, 0) is 16.2 Å². The minimum absolute atomic E-state index is 0.0387. The van der Waals surface area contributed by atoms with E-state index >= 15 is 0 Å². The second-order valence-corrected chi connectivity index (χ2v) is 24.9. The predicted octanol–water partition coefficient (Wildman–Crippen LogP) is 18.8. The van der Waals surface area contributed by atoms with Gasteiger partial charge >= 0.3 is 0 Å². The lowest BCUT2D eigenvalue weighted by Gasteiger charge is -2.33. The third-order valence-corrected chi connectivity index (χ3v) is 18.6. The quantitative estimate of drug-likeness (QED) is 0.0435. The molecule has 0 saturated heterocycles. The Labute approximate surface area is 447 Å². The second-order valence-electron chi connectivity index (χ2n) is 24.9. The first kappa shape index (κ1) is 56.1. The van der Waals surface area contributed by atoms with Crippen LogP contribution in [0.4, 0.5) is 0 Å². The monoisotopic (exact) mass is 974 g/mol. The summed E-state index contributed by atoms with van der Waals surface area (Å²) in [7, 11) is 0. The molecule has 0 aliphatic heterocycles. The highest BCUT2D eigenvalue weighted by molar-refractivity contribution is 6.97. The van der Waals surface area contributed by atoms with Crippen LogP contribution in [0.5, 0.6) is 0 Å². The van der Waals surface area contributed by atoms with E-state index in [4.69, 9.17) is 0 Å². The first-order chi connectivity index (χ1) is 34.8. The Morgan fingerprint density at radius 3 is 1.55 bits per heavy atom. The van der Waals surface area contributed by atoms with Crippen molar-refractivity contribution in [3.8, 4) is 33.4 Å². The smallest absolute Gasteiger partial charge is 0.243 e. The number of aryl methyl sites for hydroxylation is 6. The maximum atomic E-state index is 4.34. The summed E-state index contributed by atoms with van der Waals surface area (Å²) >= 11 is 0. The van der Waals surface area contributed by atoms with E-state index < -0.39 is 0 Å². The molecular weight excluding hydrogens is 878 g/mol. The summed E-state index contributed by atoms with van der Waals surface area (Å²) in [6.07, 6.45) is 22.9. The summed E-state index contributed by atoms with van der Waals surface area (Å²) in [4.78, 5) is 4.34. The number of fused-ring (bicyclic) bond motifs is 3. The Kier molecular flexibility index (Phi) is 18.3. The van der Waals surface area contributed by atoms with Crippen LogP contribution in [0.15, 0.2) is 97.3 Å². The van der Waals surface area contributed by atoms with E-state index in [-0.39, 0.29) is 23.0 Å². The fourth-order valence-corrected chi connectivity index (χ4v) is 13.5. The Morgan fingerprint density at radius 2 is 1.01 bits per heavy atom. The van der Waals surface area contributed by atoms with E-state index in [0.29, 0.717) is 0 Å². The third kappa shape index (κ3) is 12.1. The normalized spacial score (nSPS) is 15.3. The van der Waals surface area contributed by atoms with Crippen LogP contribution in [-0.4, -0.2) is 11.7 Å². The molecule has 7 rings (SSSR count). The van der Waals surface area contributed by atoms with Gasteiger partial charge < -0.3 is 0 Å². The number of nitrogens with zero attached hydrogens (tertiary/aromatic N) is 1. The van der Waals surface area contributed by atoms with Gasteiger partial charge in [0.05, 0.1) is 0 Å². The minimum Gasteiger partial charge on any atom is -0.265 e. The van der Waals surface area contributed by atoms with Crippen molar-refractivity contribution in [2.75, 3.05) is 0 Å². The van der Waals surface area contributed by atoms with Gasteiger partial charge in [-0.2, -0.15) is 0 Å². The highest BCUT2D eigenvalue weighted by atomic mass is 14.6. The zero-order valence-electron chi connectivity index (χ0n) is 49.0. The molecule has 1 aliphatic rings. The molecule has 0 radical (unpaired) electrons. The second kappa shape index (κ2) is 23.9. The zero-order valence-corrected chi connectivity index (χ0v) is 49.0. The van der Waals surface area contributed by atoms with Crippen molar-refractivity contribution in [3.05, 3.63) is 153 Å². The van der Waals surface area contributed by atoms with Crippen molar-refractivity contribution in [2.45, 2.75) is 223 Å². The molecule has 2 unspecified atom stereocenters. The van der Waals surface area contributed by atoms with Gasteiger partial charge in [-0.1, -0.05) is 250 Å². The maximum absolute atomic E-state index is 4.34. The first-order valence-corrected chi connectivity index (χ1v) is 29.3. The van der Waals surface area contributed by atoms with Gasteiger partial charge in [0.15, 0.2) is 0 Å². The molecule has 2 heteroatoms. The number of aromatic nitrogens is 1. The fraction of sp³-hybridized carbons (Fsp3) is 0.507. The molecule has 388 valence electrons. The molecule has 0 N–H and O–H groups in total. The summed E-state index contributed by atoms with van der Waals surface area (Å²) < 4.78 is 0. The van der Waals surface area contributed by atoms with Crippen LogP contribution in [0.25, 0.3) is 33.4 Å². The van der Waals surface area contributed by atoms with Gasteiger partial charge in [0, 0.05) is 17.8 Å². The molecule has 0 spiro atoms. The molecule has 1 nitrogen and oxygen atoms in total. The molecule has 2 atom stereocenters. The average molecular weight is 974 g/mol. The van der Waals surface area contributed by atoms with Crippen LogP contribution in [0.1, 0.15) is 221 Å². The summed E-state index contributed by atoms with van der Waals surface area (Å²) in [6, 6.07) is 34.5. The molecule has 1 aliphatic carbocycles. The van der Waals surface area contributed by atoms with Gasteiger partial charge in [0.1, 0.15) is 0 Å². The zero-order chi connectivity index (χ0) is 52.8. The maximum Gasteiger partial charge on any atom is 0.243 e. The molecular formula is C71H96BN. The van der Waals surface area contributed by atoms with Gasteiger partial charge in [0.25, 0.3) is 0 Å². The Morgan fingerprint density at radius 1 is 0.507 bits per heavy atom. The van der Waals surface area contributed by atoms with Crippen molar-refractivity contribution in [1.29, 1.82) is 0 Å². The number of hydrogen-bond donors (Lipinski definition) is 0. The lowest BCUT2D eigenvalue weighted by molar-refractivity contribution is 0.368. The summed E-state index contributed by atoms with van der Waals surface area (Å²) in [5.41, 5.74) is 26.9. The molecule has 5 aromatic carbocycles. The molecule has 0 bridgehead atoms. The predicted molar refractivity (Wildman–Crippen MR) is 324 cm³/mol. The van der Waals surface area contributed by atoms with E-state index in [1.54, 1.807) is 5.56 Å². The van der Waals surface area contributed by atoms with E-state index in [9.17, 15) is 0 Å². The number of hydrogen-bond acceptors (Lipinski definition) is 1. The van der Waals surface area contributed by atoms with Crippen LogP contribution < -0.4 is 16.4 Å². The fourth-order valence-electron chi connectivity index (χ4n) is 13.5. The van der Waals surface area contributed by atoms with Crippen molar-refractivity contribution < 1.29 is 0 Å². The molecule has 0 saturated carbocycles. The topological polar surface area (TPSA) is 12.9 Å². The lowest BCUT2D eigenvalue weighted by Crippen LogP contribution is -2.57. The van der Waals surface area contributed by atoms with Gasteiger partial charge in [-0.25, -0.2) is 0 Å². The van der Waals surface area contributed by atoms with Gasteiger partial charge in [-0.15, -0.1) is 0 Å². The van der Waals surface area contributed by atoms with Crippen LogP contribution in [0, 0.1) is 53.4 Å². The molecule has 6 aromatic rings. The summed E-state index contributed by atoms with van der Waals surface area (Å²) in [5.74, 6) is 1.54. The van der Waals surface area contributed by atoms with E-state index in [1.807, 2.05) is 12.4 Å². The SMILES string of the molecule is CCCCCCCCC1(C)c2cc(-c3cc(C)c(B(c4c(C)cc(-c5ccncc5)cc4C)c4c(C)cc(C(C)(CC)CCCC(C)C)cc4C)c(C)c3)ccc2-c2ccc(C(C)(C)CCC(CC)CC)cc21. The van der Waals surface area contributed by atoms with Crippen LogP contribution in [0.2, 0.25) is 0 Å². The largest absolute Gasteiger partial charge is 0.265 e. The van der Waals surface area contributed by atoms with Crippen molar-refractivity contribution in [1.82, 2.24) is 4.98 Å². The molecule has 0 fully saturated rings. The van der Waals surface area contributed by atoms with Crippen molar-refractivity contribution >= 4 is 23.1 Å². The Bertz CT molecular complexity index is 2750. The molecule has 1 heterocycles. The van der Waals surface area contributed by atoms with Gasteiger partial charge in [-0.05, 0) is 170 Å². The first-order valence-electron chi connectivity index (χ1n) is 29.3. The highest BCUT2D eigenvalue weighted by Crippen LogP contribution is 2.53. The summed E-state index contributed by atoms with van der Waals surface area (Å²) in [5, 5.41) is 0. The van der Waals surface area contributed by atoms with Crippen LogP contribution >= 0.6 is 0 Å². The highest BCUT2D eigenvalue weighted by Gasteiger charge is 2.41. The van der Waals surface area contributed by atoms with E-state index in [0.717, 1.165) is 18.3 Å². The molecule has 0 amide bonds. The molecule has 73 heavy (non-hydrogen) atoms. The Hall–Kier alpha value is -4.69. The third-order valence-electron chi connectivity index (χ3n) is 18.6. The Balaban J connectivity index is 1.34. The lowest BCUT2D eigenvalue weighted by atomic mass is 9.33. The average Bonchev–Trinajstić information content (AvgIpc) is 3.60.